The third-order valence-corrected chi connectivity index (χ3v) is 3.46. The average Bonchev–Trinajstić information content (AvgIpc) is 2.42. The molecule has 1 heterocycles. The summed E-state index contributed by atoms with van der Waals surface area (Å²) in [7, 11) is 0. The van der Waals surface area contributed by atoms with Crippen molar-refractivity contribution in [2.75, 3.05) is 12.3 Å². The summed E-state index contributed by atoms with van der Waals surface area (Å²) in [5.74, 6) is -0.293. The fraction of sp³-hybridized carbons (Fsp3) is 0.267. The van der Waals surface area contributed by atoms with Crippen molar-refractivity contribution in [2.24, 2.45) is 5.73 Å². The number of hydrogen-bond acceptors (Lipinski definition) is 3. The summed E-state index contributed by atoms with van der Waals surface area (Å²) in [6, 6.07) is 8.30. The van der Waals surface area contributed by atoms with Gasteiger partial charge in [-0.2, -0.15) is 0 Å². The Kier molecular flexibility index (Phi) is 3.81. The summed E-state index contributed by atoms with van der Waals surface area (Å²) in [4.78, 5) is 3.99. The molecule has 4 N–H and O–H groups in total. The van der Waals surface area contributed by atoms with Crippen molar-refractivity contribution in [1.82, 2.24) is 4.98 Å². The Balaban J connectivity index is 2.39. The molecule has 0 spiro atoms. The molecule has 0 aliphatic carbocycles. The zero-order valence-electron chi connectivity index (χ0n) is 10.9. The standard InChI is InChI=1S/C15H18FN3/c1-15(10-17,9-11-4-6-19-7-5-11)13-8-12(16)2-3-14(13)18/h2-8H,9-10,17-18H2,1H3. The highest BCUT2D eigenvalue weighted by Crippen LogP contribution is 2.31. The highest BCUT2D eigenvalue weighted by molar-refractivity contribution is 5.51. The third-order valence-electron chi connectivity index (χ3n) is 3.46. The van der Waals surface area contributed by atoms with Gasteiger partial charge in [-0.3, -0.25) is 4.98 Å². The normalized spacial score (nSPS) is 14.1. The first kappa shape index (κ1) is 13.5. The summed E-state index contributed by atoms with van der Waals surface area (Å²) in [5, 5.41) is 0. The molecule has 0 fully saturated rings. The van der Waals surface area contributed by atoms with E-state index in [9.17, 15) is 4.39 Å². The molecule has 1 unspecified atom stereocenters. The van der Waals surface area contributed by atoms with E-state index in [1.165, 1.54) is 12.1 Å². The molecule has 2 aromatic rings. The quantitative estimate of drug-likeness (QED) is 0.828. The first-order valence-corrected chi connectivity index (χ1v) is 6.20. The van der Waals surface area contributed by atoms with Crippen LogP contribution in [0.2, 0.25) is 0 Å². The SMILES string of the molecule is CC(CN)(Cc1ccncc1)c1cc(F)ccc1N. The van der Waals surface area contributed by atoms with Crippen LogP contribution in [0.4, 0.5) is 10.1 Å². The Morgan fingerprint density at radius 2 is 1.89 bits per heavy atom. The highest BCUT2D eigenvalue weighted by atomic mass is 19.1. The Hall–Kier alpha value is -1.94. The maximum Gasteiger partial charge on any atom is 0.123 e. The average molecular weight is 259 g/mol. The molecule has 19 heavy (non-hydrogen) atoms. The van der Waals surface area contributed by atoms with Gasteiger partial charge in [-0.1, -0.05) is 6.92 Å². The molecule has 3 nitrogen and oxygen atoms in total. The first-order valence-electron chi connectivity index (χ1n) is 6.20. The minimum Gasteiger partial charge on any atom is -0.398 e. The van der Waals surface area contributed by atoms with Gasteiger partial charge in [0.1, 0.15) is 5.82 Å². The van der Waals surface area contributed by atoms with Crippen LogP contribution in [0.1, 0.15) is 18.1 Å². The molecular formula is C15H18FN3. The lowest BCUT2D eigenvalue weighted by Crippen LogP contribution is -2.35. The number of nitrogen functional groups attached to an aromatic ring is 1. The molecular weight excluding hydrogens is 241 g/mol. The molecule has 0 saturated carbocycles. The molecule has 1 aromatic carbocycles. The van der Waals surface area contributed by atoms with E-state index in [2.05, 4.69) is 4.98 Å². The monoisotopic (exact) mass is 259 g/mol. The van der Waals surface area contributed by atoms with Crippen molar-refractivity contribution in [3.63, 3.8) is 0 Å². The Morgan fingerprint density at radius 3 is 2.53 bits per heavy atom. The molecule has 0 amide bonds. The van der Waals surface area contributed by atoms with Crippen molar-refractivity contribution < 1.29 is 4.39 Å². The number of aromatic nitrogens is 1. The molecule has 0 aliphatic heterocycles. The fourth-order valence-corrected chi connectivity index (χ4v) is 2.28. The van der Waals surface area contributed by atoms with Crippen LogP contribution < -0.4 is 11.5 Å². The zero-order chi connectivity index (χ0) is 13.9. The lowest BCUT2D eigenvalue weighted by molar-refractivity contribution is 0.478. The van der Waals surface area contributed by atoms with Crippen molar-refractivity contribution in [2.45, 2.75) is 18.8 Å². The molecule has 0 radical (unpaired) electrons. The molecule has 100 valence electrons. The topological polar surface area (TPSA) is 64.9 Å². The largest absolute Gasteiger partial charge is 0.398 e. The summed E-state index contributed by atoms with van der Waals surface area (Å²) in [6.07, 6.45) is 4.17. The van der Waals surface area contributed by atoms with Crippen molar-refractivity contribution in [1.29, 1.82) is 0 Å². The minimum atomic E-state index is -0.395. The van der Waals surface area contributed by atoms with E-state index in [1.54, 1.807) is 18.5 Å². The van der Waals surface area contributed by atoms with E-state index in [4.69, 9.17) is 11.5 Å². The number of anilines is 1. The third kappa shape index (κ3) is 2.90. The van der Waals surface area contributed by atoms with Crippen LogP contribution in [0, 0.1) is 5.82 Å². The van der Waals surface area contributed by atoms with Gasteiger partial charge in [-0.05, 0) is 47.9 Å². The van der Waals surface area contributed by atoms with Crippen LogP contribution in [0.25, 0.3) is 0 Å². The molecule has 1 aromatic heterocycles. The maximum absolute atomic E-state index is 13.4. The van der Waals surface area contributed by atoms with Gasteiger partial charge in [0.05, 0.1) is 0 Å². The zero-order valence-corrected chi connectivity index (χ0v) is 10.9. The van der Waals surface area contributed by atoms with E-state index in [-0.39, 0.29) is 5.82 Å². The van der Waals surface area contributed by atoms with Crippen molar-refractivity contribution in [3.8, 4) is 0 Å². The number of benzene rings is 1. The predicted octanol–water partition coefficient (Wildman–Crippen LogP) is 2.26. The van der Waals surface area contributed by atoms with Gasteiger partial charge in [0.15, 0.2) is 0 Å². The van der Waals surface area contributed by atoms with E-state index in [1.807, 2.05) is 19.1 Å². The van der Waals surface area contributed by atoms with Gasteiger partial charge >= 0.3 is 0 Å². The molecule has 0 bridgehead atoms. The molecule has 0 saturated heterocycles. The van der Waals surface area contributed by atoms with Crippen LogP contribution in [-0.4, -0.2) is 11.5 Å². The van der Waals surface area contributed by atoms with Crippen LogP contribution in [-0.2, 0) is 11.8 Å². The van der Waals surface area contributed by atoms with Gasteiger partial charge in [-0.25, -0.2) is 4.39 Å². The fourth-order valence-electron chi connectivity index (χ4n) is 2.28. The predicted molar refractivity (Wildman–Crippen MR) is 75.2 cm³/mol. The minimum absolute atomic E-state index is 0.293. The van der Waals surface area contributed by atoms with E-state index in [0.29, 0.717) is 18.7 Å². The smallest absolute Gasteiger partial charge is 0.123 e. The van der Waals surface area contributed by atoms with Crippen LogP contribution in [0.15, 0.2) is 42.7 Å². The Bertz CT molecular complexity index is 557. The summed E-state index contributed by atoms with van der Waals surface area (Å²) in [5.41, 5.74) is 13.9. The van der Waals surface area contributed by atoms with Crippen LogP contribution >= 0.6 is 0 Å². The number of nitrogens with two attached hydrogens (primary N) is 2. The van der Waals surface area contributed by atoms with Gasteiger partial charge in [0.25, 0.3) is 0 Å². The van der Waals surface area contributed by atoms with Crippen LogP contribution in [0.3, 0.4) is 0 Å². The second-order valence-corrected chi connectivity index (χ2v) is 5.03. The first-order chi connectivity index (χ1) is 9.05. The number of nitrogens with zero attached hydrogens (tertiary/aromatic N) is 1. The number of halogens is 1. The van der Waals surface area contributed by atoms with E-state index in [0.717, 1.165) is 11.1 Å². The molecule has 2 rings (SSSR count). The second-order valence-electron chi connectivity index (χ2n) is 5.03. The highest BCUT2D eigenvalue weighted by Gasteiger charge is 2.28. The number of pyridine rings is 1. The van der Waals surface area contributed by atoms with Gasteiger partial charge in [0.2, 0.25) is 0 Å². The lowest BCUT2D eigenvalue weighted by atomic mass is 9.76. The van der Waals surface area contributed by atoms with Crippen molar-refractivity contribution >= 4 is 5.69 Å². The number of hydrogen-bond donors (Lipinski definition) is 2. The maximum atomic E-state index is 13.4. The van der Waals surface area contributed by atoms with Gasteiger partial charge < -0.3 is 11.5 Å². The van der Waals surface area contributed by atoms with Crippen molar-refractivity contribution in [3.05, 3.63) is 59.7 Å². The lowest BCUT2D eigenvalue weighted by Gasteiger charge is -2.30. The van der Waals surface area contributed by atoms with E-state index >= 15 is 0 Å². The summed E-state index contributed by atoms with van der Waals surface area (Å²) >= 11 is 0. The van der Waals surface area contributed by atoms with E-state index < -0.39 is 5.41 Å². The summed E-state index contributed by atoms with van der Waals surface area (Å²) < 4.78 is 13.4. The van der Waals surface area contributed by atoms with Gasteiger partial charge in [0, 0.05) is 30.0 Å². The Labute approximate surface area is 112 Å². The number of rotatable bonds is 4. The van der Waals surface area contributed by atoms with Crippen LogP contribution in [0.5, 0.6) is 0 Å². The summed E-state index contributed by atoms with van der Waals surface area (Å²) in [6.45, 7) is 2.39. The molecule has 1 atom stereocenters. The molecule has 0 aliphatic rings. The molecule has 4 heteroatoms. The Morgan fingerprint density at radius 1 is 1.21 bits per heavy atom. The second kappa shape index (κ2) is 5.36. The van der Waals surface area contributed by atoms with Gasteiger partial charge in [-0.15, -0.1) is 0 Å².